The zero-order valence-electron chi connectivity index (χ0n) is 13.4. The minimum Gasteiger partial charge on any atom is -0.481 e. The molecule has 0 saturated heterocycles. The van der Waals surface area contributed by atoms with Gasteiger partial charge in [-0.2, -0.15) is 0 Å². The van der Waals surface area contributed by atoms with Gasteiger partial charge in [0.2, 0.25) is 0 Å². The van der Waals surface area contributed by atoms with Crippen molar-refractivity contribution in [3.05, 3.63) is 29.8 Å². The van der Waals surface area contributed by atoms with Crippen molar-refractivity contribution in [1.82, 2.24) is 15.7 Å². The van der Waals surface area contributed by atoms with E-state index in [1.807, 2.05) is 0 Å². The van der Waals surface area contributed by atoms with Crippen LogP contribution < -0.4 is 16.4 Å². The van der Waals surface area contributed by atoms with E-state index < -0.39 is 17.9 Å². The third-order valence-corrected chi connectivity index (χ3v) is 2.96. The second-order valence-electron chi connectivity index (χ2n) is 4.84. The first-order valence-electron chi connectivity index (χ1n) is 7.43. The third-order valence-electron chi connectivity index (χ3n) is 2.96. The number of nitrogens with two attached hydrogens (primary N) is 1. The van der Waals surface area contributed by atoms with Crippen LogP contribution in [0.4, 0.5) is 10.5 Å². The normalized spacial score (nSPS) is 10.0. The molecule has 24 heavy (non-hydrogen) atoms. The van der Waals surface area contributed by atoms with E-state index in [0.29, 0.717) is 12.2 Å². The predicted molar refractivity (Wildman–Crippen MR) is 86.7 cm³/mol. The van der Waals surface area contributed by atoms with Crippen LogP contribution in [-0.2, 0) is 21.0 Å². The molecule has 3 amide bonds. The molecule has 9 heteroatoms. The van der Waals surface area contributed by atoms with Gasteiger partial charge in [-0.15, -0.1) is 0 Å². The van der Waals surface area contributed by atoms with Crippen LogP contribution >= 0.6 is 0 Å². The molecule has 0 aliphatic carbocycles. The lowest BCUT2D eigenvalue weighted by Crippen LogP contribution is -2.43. The monoisotopic (exact) mass is 338 g/mol. The summed E-state index contributed by atoms with van der Waals surface area (Å²) >= 11 is 0. The van der Waals surface area contributed by atoms with Crippen molar-refractivity contribution in [3.8, 4) is 0 Å². The zero-order chi connectivity index (χ0) is 17.9. The fraction of sp³-hybridized carbons (Fsp3) is 0.400. The Labute approximate surface area is 139 Å². The minimum atomic E-state index is -1.02. The Hall–Kier alpha value is -2.81. The number of carboxylic acids is 1. The average molecular weight is 338 g/mol. The number of carbonyl (C=O) groups excluding carboxylic acids is 2. The van der Waals surface area contributed by atoms with Gasteiger partial charge in [0.25, 0.3) is 5.91 Å². The molecule has 5 N–H and O–H groups in total. The van der Waals surface area contributed by atoms with Crippen LogP contribution in [0.2, 0.25) is 0 Å². The highest BCUT2D eigenvalue weighted by molar-refractivity contribution is 5.83. The second-order valence-corrected chi connectivity index (χ2v) is 4.84. The minimum absolute atomic E-state index is 0.113. The van der Waals surface area contributed by atoms with E-state index >= 15 is 0 Å². The lowest BCUT2D eigenvalue weighted by Gasteiger charge is -2.20. The van der Waals surface area contributed by atoms with Crippen LogP contribution in [0.15, 0.2) is 24.3 Å². The molecule has 0 aliphatic heterocycles. The predicted octanol–water partition coefficient (Wildman–Crippen LogP) is 0.323. The molecule has 1 aromatic rings. The SMILES string of the molecule is CCN(OCCC(=O)O)C(=O)CNC(=O)NCc1ccc(N)cc1. The number of hydrogen-bond donors (Lipinski definition) is 4. The van der Waals surface area contributed by atoms with Gasteiger partial charge in [0, 0.05) is 18.8 Å². The molecular formula is C15H22N4O5. The molecule has 0 aromatic heterocycles. The number of urea groups is 1. The fourth-order valence-electron chi connectivity index (χ4n) is 1.71. The Balaban J connectivity index is 2.29. The van der Waals surface area contributed by atoms with Gasteiger partial charge in [-0.1, -0.05) is 12.1 Å². The Bertz CT molecular complexity index is 561. The zero-order valence-corrected chi connectivity index (χ0v) is 13.4. The summed E-state index contributed by atoms with van der Waals surface area (Å²) in [6.45, 7) is 1.85. The first kappa shape index (κ1) is 19.2. The molecule has 0 saturated carbocycles. The maximum Gasteiger partial charge on any atom is 0.315 e. The van der Waals surface area contributed by atoms with E-state index in [4.69, 9.17) is 15.7 Å². The van der Waals surface area contributed by atoms with Crippen molar-refractivity contribution < 1.29 is 24.3 Å². The number of nitrogens with one attached hydrogen (secondary N) is 2. The Kier molecular flexibility index (Phi) is 8.06. The fourth-order valence-corrected chi connectivity index (χ4v) is 1.71. The number of anilines is 1. The summed E-state index contributed by atoms with van der Waals surface area (Å²) in [4.78, 5) is 39.0. The summed E-state index contributed by atoms with van der Waals surface area (Å²) < 4.78 is 0. The van der Waals surface area contributed by atoms with Crippen LogP contribution in [0.5, 0.6) is 0 Å². The van der Waals surface area contributed by atoms with Crippen molar-refractivity contribution >= 4 is 23.6 Å². The Morgan fingerprint density at radius 3 is 2.46 bits per heavy atom. The van der Waals surface area contributed by atoms with Gasteiger partial charge in [-0.25, -0.2) is 9.86 Å². The van der Waals surface area contributed by atoms with Gasteiger partial charge in [-0.3, -0.25) is 14.4 Å². The number of hydrogen-bond acceptors (Lipinski definition) is 5. The van der Waals surface area contributed by atoms with Gasteiger partial charge < -0.3 is 21.5 Å². The molecular weight excluding hydrogens is 316 g/mol. The first-order valence-corrected chi connectivity index (χ1v) is 7.43. The van der Waals surface area contributed by atoms with Crippen molar-refractivity contribution in [2.75, 3.05) is 25.4 Å². The summed E-state index contributed by atoms with van der Waals surface area (Å²) in [6.07, 6.45) is -0.209. The number of aliphatic carboxylic acids is 1. The van der Waals surface area contributed by atoms with Gasteiger partial charge in [-0.05, 0) is 24.6 Å². The molecule has 9 nitrogen and oxygen atoms in total. The van der Waals surface area contributed by atoms with Crippen LogP contribution in [-0.4, -0.2) is 47.8 Å². The number of hydroxylamine groups is 2. The number of rotatable bonds is 9. The number of benzene rings is 1. The summed E-state index contributed by atoms with van der Waals surface area (Å²) in [7, 11) is 0. The summed E-state index contributed by atoms with van der Waals surface area (Å²) in [5, 5.41) is 14.6. The Morgan fingerprint density at radius 2 is 1.88 bits per heavy atom. The van der Waals surface area contributed by atoms with Crippen LogP contribution in [0.3, 0.4) is 0 Å². The molecule has 0 atom stereocenters. The lowest BCUT2D eigenvalue weighted by molar-refractivity contribution is -0.186. The van der Waals surface area contributed by atoms with Gasteiger partial charge in [0.15, 0.2) is 0 Å². The maximum atomic E-state index is 11.9. The van der Waals surface area contributed by atoms with Crippen molar-refractivity contribution in [2.45, 2.75) is 19.9 Å². The molecule has 0 heterocycles. The highest BCUT2D eigenvalue weighted by atomic mass is 16.7. The highest BCUT2D eigenvalue weighted by Gasteiger charge is 2.14. The van der Waals surface area contributed by atoms with Crippen molar-refractivity contribution in [2.24, 2.45) is 0 Å². The Morgan fingerprint density at radius 1 is 1.21 bits per heavy atom. The molecule has 0 aliphatic rings. The van der Waals surface area contributed by atoms with Crippen LogP contribution in [0, 0.1) is 0 Å². The number of nitrogens with zero attached hydrogens (tertiary/aromatic N) is 1. The molecule has 1 aromatic carbocycles. The maximum absolute atomic E-state index is 11.9. The molecule has 1 rings (SSSR count). The molecule has 0 bridgehead atoms. The molecule has 132 valence electrons. The number of carboxylic acid groups (broad SMARTS) is 1. The topological polar surface area (TPSA) is 134 Å². The molecule has 0 spiro atoms. The van der Waals surface area contributed by atoms with Gasteiger partial charge in [0.1, 0.15) is 6.54 Å². The first-order chi connectivity index (χ1) is 11.4. The van der Waals surface area contributed by atoms with E-state index in [2.05, 4.69) is 10.6 Å². The molecule has 0 unspecified atom stereocenters. The van der Waals surface area contributed by atoms with Gasteiger partial charge >= 0.3 is 12.0 Å². The van der Waals surface area contributed by atoms with E-state index in [9.17, 15) is 14.4 Å². The summed E-state index contributed by atoms with van der Waals surface area (Å²) in [5.74, 6) is -1.48. The van der Waals surface area contributed by atoms with E-state index in [1.165, 1.54) is 0 Å². The van der Waals surface area contributed by atoms with E-state index in [1.54, 1.807) is 31.2 Å². The van der Waals surface area contributed by atoms with Crippen molar-refractivity contribution in [1.29, 1.82) is 0 Å². The number of likely N-dealkylation sites (N-methyl/N-ethyl adjacent to an activating group) is 1. The van der Waals surface area contributed by atoms with Crippen LogP contribution in [0.1, 0.15) is 18.9 Å². The van der Waals surface area contributed by atoms with E-state index in [0.717, 1.165) is 10.6 Å². The lowest BCUT2D eigenvalue weighted by atomic mass is 10.2. The summed E-state index contributed by atoms with van der Waals surface area (Å²) in [6, 6.07) is 6.53. The summed E-state index contributed by atoms with van der Waals surface area (Å²) in [5.41, 5.74) is 7.08. The highest BCUT2D eigenvalue weighted by Crippen LogP contribution is 2.04. The van der Waals surface area contributed by atoms with Gasteiger partial charge in [0.05, 0.1) is 13.0 Å². The quantitative estimate of drug-likeness (QED) is 0.378. The second kappa shape index (κ2) is 10.1. The number of amides is 3. The molecule has 0 fully saturated rings. The van der Waals surface area contributed by atoms with Crippen LogP contribution in [0.25, 0.3) is 0 Å². The average Bonchev–Trinajstić information content (AvgIpc) is 2.55. The van der Waals surface area contributed by atoms with Crippen molar-refractivity contribution in [3.63, 3.8) is 0 Å². The third kappa shape index (κ3) is 7.45. The largest absolute Gasteiger partial charge is 0.481 e. The smallest absolute Gasteiger partial charge is 0.315 e. The number of nitrogen functional groups attached to an aromatic ring is 1. The molecule has 0 radical (unpaired) electrons. The number of carbonyl (C=O) groups is 3. The standard InChI is InChI=1S/C15H22N4O5/c1-2-19(24-8-7-14(21)22)13(20)10-18-15(23)17-9-11-3-5-12(16)6-4-11/h3-6H,2,7-10,16H2,1H3,(H,21,22)(H2,17,18,23). The van der Waals surface area contributed by atoms with E-state index in [-0.39, 0.29) is 26.1 Å².